The lowest BCUT2D eigenvalue weighted by Crippen LogP contribution is -2.63. The smallest absolute Gasteiger partial charge is 0.0333 e. The third kappa shape index (κ3) is 2.57. The number of hydrogen-bond donors (Lipinski definition) is 1. The van der Waals surface area contributed by atoms with Crippen LogP contribution in [0.15, 0.2) is 0 Å². The van der Waals surface area contributed by atoms with E-state index in [2.05, 4.69) is 23.6 Å². The molecule has 2 heterocycles. The average molecular weight is 265 g/mol. The van der Waals surface area contributed by atoms with Crippen LogP contribution in [0.5, 0.6) is 0 Å². The van der Waals surface area contributed by atoms with Crippen LogP contribution in [0.2, 0.25) is 0 Å². The van der Waals surface area contributed by atoms with Gasteiger partial charge in [-0.25, -0.2) is 0 Å². The summed E-state index contributed by atoms with van der Waals surface area (Å²) in [6.45, 7) is 10.8. The first kappa shape index (κ1) is 13.8. The van der Waals surface area contributed by atoms with Gasteiger partial charge in [0.25, 0.3) is 0 Å². The van der Waals surface area contributed by atoms with E-state index in [1.165, 1.54) is 64.7 Å². The van der Waals surface area contributed by atoms with E-state index in [4.69, 9.17) is 5.73 Å². The molecule has 19 heavy (non-hydrogen) atoms. The quantitative estimate of drug-likeness (QED) is 0.829. The van der Waals surface area contributed by atoms with Crippen LogP contribution in [0, 0.1) is 5.41 Å². The molecule has 2 saturated heterocycles. The van der Waals surface area contributed by atoms with E-state index < -0.39 is 0 Å². The van der Waals surface area contributed by atoms with E-state index in [-0.39, 0.29) is 0 Å². The second-order valence-corrected chi connectivity index (χ2v) is 7.87. The average Bonchev–Trinajstić information content (AvgIpc) is 2.87. The van der Waals surface area contributed by atoms with Crippen molar-refractivity contribution < 1.29 is 0 Å². The van der Waals surface area contributed by atoms with E-state index in [1.807, 2.05) is 0 Å². The molecule has 0 bridgehead atoms. The van der Waals surface area contributed by atoms with Crippen LogP contribution in [0.25, 0.3) is 0 Å². The van der Waals surface area contributed by atoms with Gasteiger partial charge in [0.15, 0.2) is 0 Å². The van der Waals surface area contributed by atoms with Gasteiger partial charge in [-0.2, -0.15) is 0 Å². The van der Waals surface area contributed by atoms with Crippen LogP contribution in [0.1, 0.15) is 52.4 Å². The van der Waals surface area contributed by atoms with Crippen LogP contribution in [-0.2, 0) is 0 Å². The van der Waals surface area contributed by atoms with E-state index in [1.54, 1.807) is 0 Å². The van der Waals surface area contributed by atoms with Gasteiger partial charge >= 0.3 is 0 Å². The highest BCUT2D eigenvalue weighted by molar-refractivity contribution is 5.01. The molecule has 2 N–H and O–H groups in total. The summed E-state index contributed by atoms with van der Waals surface area (Å²) in [6, 6.07) is 0.826. The van der Waals surface area contributed by atoms with Crippen LogP contribution in [0.3, 0.4) is 0 Å². The molecule has 0 aromatic carbocycles. The molecule has 1 atom stereocenters. The van der Waals surface area contributed by atoms with Gasteiger partial charge in [-0.3, -0.25) is 9.80 Å². The fourth-order valence-electron chi connectivity index (χ4n) is 4.46. The van der Waals surface area contributed by atoms with Crippen LogP contribution < -0.4 is 5.73 Å². The van der Waals surface area contributed by atoms with E-state index >= 15 is 0 Å². The monoisotopic (exact) mass is 265 g/mol. The van der Waals surface area contributed by atoms with Crippen LogP contribution >= 0.6 is 0 Å². The minimum Gasteiger partial charge on any atom is -0.329 e. The summed E-state index contributed by atoms with van der Waals surface area (Å²) >= 11 is 0. The maximum atomic E-state index is 6.24. The molecular weight excluding hydrogens is 234 g/mol. The van der Waals surface area contributed by atoms with Crippen molar-refractivity contribution in [3.63, 3.8) is 0 Å². The third-order valence-electron chi connectivity index (χ3n) is 6.17. The summed E-state index contributed by atoms with van der Waals surface area (Å²) in [5.41, 5.74) is 7.10. The van der Waals surface area contributed by atoms with Crippen molar-refractivity contribution in [3.8, 4) is 0 Å². The number of nitrogens with zero attached hydrogens (tertiary/aromatic N) is 2. The van der Waals surface area contributed by atoms with E-state index in [0.29, 0.717) is 11.0 Å². The van der Waals surface area contributed by atoms with E-state index in [9.17, 15) is 0 Å². The predicted octanol–water partition coefficient (Wildman–Crippen LogP) is 2.06. The molecule has 0 spiro atoms. The Bertz CT molecular complexity index is 316. The molecule has 3 heteroatoms. The molecular formula is C16H31N3. The van der Waals surface area contributed by atoms with Crippen LogP contribution in [0.4, 0.5) is 0 Å². The standard InChI is InChI=1S/C16H31N3/c1-15(2)5-7-16(13-17,8-6-15)19-11-10-18-9-3-4-14(18)12-19/h14H,3-13,17H2,1-2H3. The molecule has 1 saturated carbocycles. The third-order valence-corrected chi connectivity index (χ3v) is 6.17. The molecule has 0 aromatic heterocycles. The Hall–Kier alpha value is -0.120. The molecule has 2 aliphatic heterocycles. The maximum absolute atomic E-state index is 6.24. The molecule has 3 aliphatic rings. The molecule has 3 rings (SSSR count). The van der Waals surface area contributed by atoms with Crippen molar-refractivity contribution in [2.45, 2.75) is 64.0 Å². The SMILES string of the molecule is CC1(C)CCC(CN)(N2CCN3CCCC3C2)CC1. The first-order chi connectivity index (χ1) is 9.05. The second kappa shape index (κ2) is 5.01. The molecule has 0 amide bonds. The second-order valence-electron chi connectivity index (χ2n) is 7.87. The summed E-state index contributed by atoms with van der Waals surface area (Å²) in [6.07, 6.45) is 8.11. The Labute approximate surface area is 118 Å². The predicted molar refractivity (Wildman–Crippen MR) is 80.2 cm³/mol. The maximum Gasteiger partial charge on any atom is 0.0333 e. The van der Waals surface area contributed by atoms with Crippen molar-refractivity contribution in [2.24, 2.45) is 11.1 Å². The van der Waals surface area contributed by atoms with Crippen LogP contribution in [-0.4, -0.2) is 54.1 Å². The summed E-state index contributed by atoms with van der Waals surface area (Å²) < 4.78 is 0. The summed E-state index contributed by atoms with van der Waals surface area (Å²) in [5, 5.41) is 0. The van der Waals surface area contributed by atoms with Gasteiger partial charge in [0, 0.05) is 37.8 Å². The summed E-state index contributed by atoms with van der Waals surface area (Å²) in [7, 11) is 0. The van der Waals surface area contributed by atoms with Gasteiger partial charge in [0.05, 0.1) is 0 Å². The van der Waals surface area contributed by atoms with Crippen molar-refractivity contribution in [1.29, 1.82) is 0 Å². The molecule has 110 valence electrons. The molecule has 3 nitrogen and oxygen atoms in total. The van der Waals surface area contributed by atoms with Crippen molar-refractivity contribution >= 4 is 0 Å². The molecule has 3 fully saturated rings. The van der Waals surface area contributed by atoms with Gasteiger partial charge in [0.1, 0.15) is 0 Å². The van der Waals surface area contributed by atoms with Gasteiger partial charge in [-0.05, 0) is 50.5 Å². The largest absolute Gasteiger partial charge is 0.329 e. The lowest BCUT2D eigenvalue weighted by Gasteiger charge is -2.53. The minimum absolute atomic E-state index is 0.324. The van der Waals surface area contributed by atoms with E-state index in [0.717, 1.165) is 12.6 Å². The lowest BCUT2D eigenvalue weighted by atomic mass is 9.68. The molecule has 1 aliphatic carbocycles. The Morgan fingerprint density at radius 3 is 2.47 bits per heavy atom. The topological polar surface area (TPSA) is 32.5 Å². The fraction of sp³-hybridized carbons (Fsp3) is 1.00. The lowest BCUT2D eigenvalue weighted by molar-refractivity contribution is -0.0210. The zero-order chi connectivity index (χ0) is 13.5. The van der Waals surface area contributed by atoms with Crippen molar-refractivity contribution in [3.05, 3.63) is 0 Å². The highest BCUT2D eigenvalue weighted by Crippen LogP contribution is 2.43. The number of rotatable bonds is 2. The minimum atomic E-state index is 0.324. The first-order valence-corrected chi connectivity index (χ1v) is 8.24. The van der Waals surface area contributed by atoms with Crippen molar-refractivity contribution in [1.82, 2.24) is 9.80 Å². The Kier molecular flexibility index (Phi) is 3.65. The fourth-order valence-corrected chi connectivity index (χ4v) is 4.46. The zero-order valence-electron chi connectivity index (χ0n) is 12.8. The van der Waals surface area contributed by atoms with Gasteiger partial charge in [0.2, 0.25) is 0 Å². The number of nitrogens with two attached hydrogens (primary N) is 1. The summed E-state index contributed by atoms with van der Waals surface area (Å²) in [5.74, 6) is 0. The Morgan fingerprint density at radius 2 is 1.79 bits per heavy atom. The Balaban J connectivity index is 1.69. The highest BCUT2D eigenvalue weighted by Gasteiger charge is 2.44. The van der Waals surface area contributed by atoms with Gasteiger partial charge in [-0.15, -0.1) is 0 Å². The van der Waals surface area contributed by atoms with Gasteiger partial charge < -0.3 is 5.73 Å². The normalized spacial score (nSPS) is 35.2. The number of fused-ring (bicyclic) bond motifs is 1. The Morgan fingerprint density at radius 1 is 1.05 bits per heavy atom. The molecule has 0 aromatic rings. The highest BCUT2D eigenvalue weighted by atomic mass is 15.3. The number of piperazine rings is 1. The molecule has 1 unspecified atom stereocenters. The first-order valence-electron chi connectivity index (χ1n) is 8.24. The van der Waals surface area contributed by atoms with Crippen molar-refractivity contribution in [2.75, 3.05) is 32.7 Å². The summed E-state index contributed by atoms with van der Waals surface area (Å²) in [4.78, 5) is 5.47. The number of hydrogen-bond acceptors (Lipinski definition) is 3. The zero-order valence-corrected chi connectivity index (χ0v) is 12.8. The molecule has 0 radical (unpaired) electrons. The van der Waals surface area contributed by atoms with Gasteiger partial charge in [-0.1, -0.05) is 13.8 Å².